The number of fused-ring (bicyclic) bond motifs is 21. The number of ether oxygens (including phenoxy) is 7. The minimum absolute atomic E-state index is 0.0918. The van der Waals surface area contributed by atoms with Gasteiger partial charge < -0.3 is 101 Å². The molecule has 140 heavy (non-hydrogen) atoms. The van der Waals surface area contributed by atoms with Crippen molar-refractivity contribution in [3.8, 4) is 78.8 Å². The van der Waals surface area contributed by atoms with Gasteiger partial charge in [-0.2, -0.15) is 0 Å². The molecule has 21 atom stereocenters. The van der Waals surface area contributed by atoms with E-state index in [9.17, 15) is 35.7 Å². The maximum atomic E-state index is 10.5. The fourth-order valence-electron chi connectivity index (χ4n) is 24.9. The monoisotopic (exact) mass is 1890 g/mol. The van der Waals surface area contributed by atoms with Crippen molar-refractivity contribution in [3.63, 3.8) is 0 Å². The van der Waals surface area contributed by atoms with Gasteiger partial charge >= 0.3 is 0 Å². The first-order chi connectivity index (χ1) is 69.0. The lowest BCUT2D eigenvalue weighted by atomic mass is 9.87. The van der Waals surface area contributed by atoms with Gasteiger partial charge in [0.2, 0.25) is 0 Å². The molecule has 21 heterocycles. The molecule has 28 rings (SSSR count). The number of hydrogen-bond acceptors (Lipinski definition) is 21. The van der Waals surface area contributed by atoms with Gasteiger partial charge in [0.1, 0.15) is 0 Å². The lowest BCUT2D eigenvalue weighted by Crippen LogP contribution is -2.31. The maximum Gasteiger partial charge on any atom is 0.0956 e. The molecule has 0 aliphatic carbocycles. The molecule has 28 heteroatoms. The average Bonchev–Trinajstić information content (AvgIpc) is 1.63. The SMILES string of the molecule is O[C@@H]1CCCOC[C@@H]1[C@@H]1c2ccccc2-c2cncn21.O[C@@H]1CCCOC[C@@H]1[C@H]1c2ccccc2-c2cncn21.O[C@@H]1CCCOC[C@H]1[C@@H]1c2ccccc2-c2cncn21.O[C@@H]1CCCOC[C@H]1[C@H]1c2ccccc2-c2cncn21.O[C@H]1CCCOC[C@@H]1[C@@H]1c2ccccc2-c2cncn21.O[C@H]1CCCOC[C@@H]1[C@H]1c2ccccc2-c2cncn21.O[C@H]1CCCOC[C@H]1[C@H]1c2ccccc2-c2cncn21. The molecule has 728 valence electrons. The van der Waals surface area contributed by atoms with Crippen molar-refractivity contribution in [2.24, 2.45) is 41.4 Å². The second-order valence-electron chi connectivity index (χ2n) is 39.7. The van der Waals surface area contributed by atoms with Gasteiger partial charge in [-0.3, -0.25) is 0 Å². The van der Waals surface area contributed by atoms with E-state index in [2.05, 4.69) is 237 Å². The van der Waals surface area contributed by atoms with Crippen LogP contribution in [0.15, 0.2) is 258 Å². The minimum Gasteiger partial charge on any atom is -0.393 e. The Kier molecular flexibility index (Phi) is 28.2. The van der Waals surface area contributed by atoms with Crippen LogP contribution in [0.3, 0.4) is 0 Å². The highest BCUT2D eigenvalue weighted by Crippen LogP contribution is 2.53. The Morgan fingerprint density at radius 2 is 0.314 bits per heavy atom. The fraction of sp³-hybridized carbons (Fsp3) is 0.438. The van der Waals surface area contributed by atoms with Gasteiger partial charge in [-0.05, 0) is 129 Å². The number of nitrogens with zero attached hydrogens (tertiary/aromatic N) is 14. The third-order valence-electron chi connectivity index (χ3n) is 31.6. The molecule has 7 N–H and O–H groups in total. The Hall–Kier alpha value is -11.6. The van der Waals surface area contributed by atoms with Crippen LogP contribution in [0.4, 0.5) is 0 Å². The number of benzene rings is 7. The quantitative estimate of drug-likeness (QED) is 0.0779. The summed E-state index contributed by atoms with van der Waals surface area (Å²) in [6.07, 6.45) is 36.5. The maximum absolute atomic E-state index is 10.5. The Morgan fingerprint density at radius 3 is 0.450 bits per heavy atom. The third-order valence-corrected chi connectivity index (χ3v) is 31.6. The zero-order valence-electron chi connectivity index (χ0n) is 78.9. The fourth-order valence-corrected chi connectivity index (χ4v) is 24.9. The number of aliphatic hydroxyl groups is 7. The molecule has 14 aliphatic rings. The molecule has 0 bridgehead atoms. The molecule has 0 radical (unpaired) electrons. The average molecular weight is 1890 g/mol. The molecule has 0 saturated carbocycles. The molecule has 7 aromatic heterocycles. The smallest absolute Gasteiger partial charge is 0.0956 e. The van der Waals surface area contributed by atoms with E-state index < -0.39 is 0 Å². The van der Waals surface area contributed by atoms with Crippen LogP contribution in [0, 0.1) is 41.4 Å². The van der Waals surface area contributed by atoms with Gasteiger partial charge in [-0.1, -0.05) is 170 Å². The van der Waals surface area contributed by atoms with Gasteiger partial charge in [-0.15, -0.1) is 0 Å². The normalized spacial score (nSPS) is 28.8. The summed E-state index contributed by atoms with van der Waals surface area (Å²) in [6, 6.07) is 59.8. The van der Waals surface area contributed by atoms with Gasteiger partial charge in [0.25, 0.3) is 0 Å². The predicted molar refractivity (Wildman–Crippen MR) is 527 cm³/mol. The van der Waals surface area contributed by atoms with Crippen LogP contribution in [-0.2, 0) is 33.2 Å². The standard InChI is InChI=1S/7C16H18N2O2/c7*19-15-6-3-7-20-9-13(15)16-12-5-2-1-4-11(12)14-8-17-10-18(14)16/h7*1-2,4-5,8,10,13,15-16,19H,3,6-7,9H2/t13-,15+,16+;2*13-,15+,16-;2*13-,15-,16+;2*13-,15-,16-/m0101010/s1. The zero-order valence-corrected chi connectivity index (χ0v) is 78.9. The zero-order chi connectivity index (χ0) is 94.7. The minimum atomic E-state index is -0.316. The number of imidazole rings is 7. The molecular formula is C112H126N14O14. The second-order valence-corrected chi connectivity index (χ2v) is 39.7. The van der Waals surface area contributed by atoms with Crippen LogP contribution in [-0.4, -0.2) is 238 Å². The van der Waals surface area contributed by atoms with Crippen LogP contribution in [0.25, 0.3) is 78.8 Å². The van der Waals surface area contributed by atoms with Crippen molar-refractivity contribution in [3.05, 3.63) is 296 Å². The highest BCUT2D eigenvalue weighted by Gasteiger charge is 2.47. The molecule has 0 spiro atoms. The molecule has 14 aliphatic heterocycles. The summed E-state index contributed by atoms with van der Waals surface area (Å²) in [5.41, 5.74) is 25.5. The van der Waals surface area contributed by atoms with Crippen molar-refractivity contribution in [2.75, 3.05) is 92.5 Å². The van der Waals surface area contributed by atoms with Crippen LogP contribution >= 0.6 is 0 Å². The molecule has 0 unspecified atom stereocenters. The Labute approximate surface area is 815 Å². The van der Waals surface area contributed by atoms with E-state index >= 15 is 0 Å². The van der Waals surface area contributed by atoms with E-state index in [1.807, 2.05) is 87.7 Å². The molecule has 28 nitrogen and oxygen atoms in total. The number of hydrogen-bond donors (Lipinski definition) is 7. The van der Waals surface area contributed by atoms with E-state index in [4.69, 9.17) is 33.2 Å². The van der Waals surface area contributed by atoms with Crippen molar-refractivity contribution in [1.82, 2.24) is 66.9 Å². The van der Waals surface area contributed by atoms with Crippen molar-refractivity contribution in [2.45, 2.75) is 175 Å². The van der Waals surface area contributed by atoms with Crippen LogP contribution in [0.5, 0.6) is 0 Å². The molecule has 7 aromatic carbocycles. The first kappa shape index (κ1) is 93.4. The molecular weight excluding hydrogens is 1770 g/mol. The Balaban J connectivity index is 0.0000000939. The second kappa shape index (κ2) is 42.3. The number of aliphatic hydroxyl groups excluding tert-OH is 7. The summed E-state index contributed by atoms with van der Waals surface area (Å²) in [6.45, 7) is 9.50. The third kappa shape index (κ3) is 18.1. The van der Waals surface area contributed by atoms with Gasteiger partial charge in [0.05, 0.1) is 259 Å². The lowest BCUT2D eigenvalue weighted by molar-refractivity contribution is 0.0392. The molecule has 7 saturated heterocycles. The van der Waals surface area contributed by atoms with Gasteiger partial charge in [-0.25, -0.2) is 34.9 Å². The topological polar surface area (TPSA) is 331 Å². The van der Waals surface area contributed by atoms with Gasteiger partial charge in [0.15, 0.2) is 0 Å². The highest BCUT2D eigenvalue weighted by atomic mass is 16.5. The van der Waals surface area contributed by atoms with Crippen LogP contribution < -0.4 is 0 Å². The predicted octanol–water partition coefficient (Wildman–Crippen LogP) is 15.7. The van der Waals surface area contributed by atoms with Crippen LogP contribution in [0.1, 0.15) is 171 Å². The molecule has 7 fully saturated rings. The largest absolute Gasteiger partial charge is 0.393 e. The number of rotatable bonds is 7. The lowest BCUT2D eigenvalue weighted by Gasteiger charge is -2.28. The van der Waals surface area contributed by atoms with Gasteiger partial charge in [0, 0.05) is 127 Å². The Morgan fingerprint density at radius 1 is 0.186 bits per heavy atom. The first-order valence-corrected chi connectivity index (χ1v) is 50.6. The molecule has 0 amide bonds. The van der Waals surface area contributed by atoms with E-state index in [0.29, 0.717) is 46.2 Å². The number of aromatic nitrogens is 14. The van der Waals surface area contributed by atoms with E-state index in [-0.39, 0.29) is 126 Å². The van der Waals surface area contributed by atoms with E-state index in [1.165, 1.54) is 77.9 Å². The summed E-state index contributed by atoms with van der Waals surface area (Å²) < 4.78 is 55.2. The summed E-state index contributed by atoms with van der Waals surface area (Å²) >= 11 is 0. The van der Waals surface area contributed by atoms with Crippen molar-refractivity contribution < 1.29 is 68.9 Å². The Bertz CT molecular complexity index is 5440. The summed E-state index contributed by atoms with van der Waals surface area (Å²) in [5.74, 6) is 0.642. The molecule has 14 aromatic rings. The van der Waals surface area contributed by atoms with E-state index in [1.54, 1.807) is 0 Å². The summed E-state index contributed by atoms with van der Waals surface area (Å²) in [4.78, 5) is 29.9. The van der Waals surface area contributed by atoms with E-state index in [0.717, 1.165) is 176 Å². The summed E-state index contributed by atoms with van der Waals surface area (Å²) in [7, 11) is 0. The van der Waals surface area contributed by atoms with Crippen molar-refractivity contribution >= 4 is 0 Å². The van der Waals surface area contributed by atoms with Crippen molar-refractivity contribution in [1.29, 1.82) is 0 Å². The first-order valence-electron chi connectivity index (χ1n) is 50.6. The summed E-state index contributed by atoms with van der Waals surface area (Å²) in [5, 5.41) is 73.4. The van der Waals surface area contributed by atoms with Crippen LogP contribution in [0.2, 0.25) is 0 Å². The highest BCUT2D eigenvalue weighted by molar-refractivity contribution is 5.75.